The summed E-state index contributed by atoms with van der Waals surface area (Å²) in [4.78, 5) is 6.92. The molecule has 5 nitrogen and oxygen atoms in total. The van der Waals surface area contributed by atoms with Gasteiger partial charge in [0.2, 0.25) is 0 Å². The summed E-state index contributed by atoms with van der Waals surface area (Å²) in [5.74, 6) is 0.853. The fraction of sp³-hybridized carbons (Fsp3) is 0.267. The van der Waals surface area contributed by atoms with Crippen molar-refractivity contribution in [2.45, 2.75) is 46.2 Å². The van der Waals surface area contributed by atoms with Gasteiger partial charge in [-0.25, -0.2) is 0 Å². The van der Waals surface area contributed by atoms with Crippen molar-refractivity contribution in [3.05, 3.63) is 107 Å². The van der Waals surface area contributed by atoms with Crippen molar-refractivity contribution >= 4 is 23.0 Å². The van der Waals surface area contributed by atoms with Gasteiger partial charge in [-0.3, -0.25) is 4.98 Å². The molecule has 5 rings (SSSR count). The summed E-state index contributed by atoms with van der Waals surface area (Å²) in [6.07, 6.45) is 2.87. The smallest absolute Gasteiger partial charge is 0.174 e. The van der Waals surface area contributed by atoms with E-state index in [9.17, 15) is 0 Å². The lowest BCUT2D eigenvalue weighted by Crippen LogP contribution is -2.29. The van der Waals surface area contributed by atoms with Crippen molar-refractivity contribution in [2.24, 2.45) is 0 Å². The Kier molecular flexibility index (Phi) is 6.79. The SMILES string of the molecule is CCOc1ccc(N2C(=S)N[C@H](c3ccccn3)[C@H]2c2cc(C)n(-c3ccc(CC)cc3)c2C)cc1. The number of aryl methyl sites for hydroxylation is 2. The van der Waals surface area contributed by atoms with Crippen LogP contribution in [0.15, 0.2) is 79.0 Å². The van der Waals surface area contributed by atoms with Gasteiger partial charge in [-0.1, -0.05) is 25.1 Å². The van der Waals surface area contributed by atoms with E-state index in [2.05, 4.69) is 84.1 Å². The van der Waals surface area contributed by atoms with Crippen molar-refractivity contribution in [1.29, 1.82) is 0 Å². The summed E-state index contributed by atoms with van der Waals surface area (Å²) in [7, 11) is 0. The normalized spacial score (nSPS) is 17.3. The van der Waals surface area contributed by atoms with E-state index in [0.29, 0.717) is 11.7 Å². The molecule has 0 radical (unpaired) electrons. The first-order valence-electron chi connectivity index (χ1n) is 12.5. The summed E-state index contributed by atoms with van der Waals surface area (Å²) in [6.45, 7) is 9.18. The zero-order valence-electron chi connectivity index (χ0n) is 21.2. The van der Waals surface area contributed by atoms with Crippen LogP contribution < -0.4 is 15.0 Å². The molecule has 0 amide bonds. The third kappa shape index (κ3) is 4.37. The first-order chi connectivity index (χ1) is 17.5. The van der Waals surface area contributed by atoms with Crippen LogP contribution in [0.3, 0.4) is 0 Å². The topological polar surface area (TPSA) is 42.3 Å². The van der Waals surface area contributed by atoms with Crippen LogP contribution in [0.1, 0.15) is 54.1 Å². The minimum atomic E-state index is -0.0818. The van der Waals surface area contributed by atoms with Gasteiger partial charge in [-0.05, 0) is 105 Å². The summed E-state index contributed by atoms with van der Waals surface area (Å²) in [6, 6.07) is 25.2. The van der Waals surface area contributed by atoms with E-state index < -0.39 is 0 Å². The molecule has 1 fully saturated rings. The molecule has 0 spiro atoms. The molecule has 0 saturated carbocycles. The van der Waals surface area contributed by atoms with Crippen molar-refractivity contribution in [3.8, 4) is 11.4 Å². The maximum Gasteiger partial charge on any atom is 0.174 e. The van der Waals surface area contributed by atoms with E-state index in [-0.39, 0.29) is 12.1 Å². The zero-order valence-corrected chi connectivity index (χ0v) is 22.0. The second kappa shape index (κ2) is 10.2. The number of hydrogen-bond donors (Lipinski definition) is 1. The molecule has 1 saturated heterocycles. The molecule has 184 valence electrons. The summed E-state index contributed by atoms with van der Waals surface area (Å²) in [5.41, 5.74) is 8.12. The van der Waals surface area contributed by atoms with E-state index in [0.717, 1.165) is 23.6 Å². The van der Waals surface area contributed by atoms with Gasteiger partial charge in [-0.2, -0.15) is 0 Å². The average Bonchev–Trinajstić information content (AvgIpc) is 3.40. The minimum absolute atomic E-state index is 0.0554. The van der Waals surface area contributed by atoms with Crippen LogP contribution in [0.5, 0.6) is 5.75 Å². The Morgan fingerprint density at radius 2 is 1.67 bits per heavy atom. The number of pyridine rings is 1. The van der Waals surface area contributed by atoms with Crippen molar-refractivity contribution in [2.75, 3.05) is 11.5 Å². The van der Waals surface area contributed by atoms with Crippen LogP contribution in [0, 0.1) is 13.8 Å². The average molecular weight is 497 g/mol. The van der Waals surface area contributed by atoms with Gasteiger partial charge in [0, 0.05) is 29.0 Å². The Bertz CT molecular complexity index is 1350. The maximum atomic E-state index is 5.91. The fourth-order valence-corrected chi connectivity index (χ4v) is 5.53. The van der Waals surface area contributed by atoms with E-state index >= 15 is 0 Å². The van der Waals surface area contributed by atoms with Gasteiger partial charge in [-0.15, -0.1) is 0 Å². The van der Waals surface area contributed by atoms with E-state index in [4.69, 9.17) is 21.9 Å². The molecule has 6 heteroatoms. The highest BCUT2D eigenvalue weighted by Gasteiger charge is 2.42. The highest BCUT2D eigenvalue weighted by atomic mass is 32.1. The Labute approximate surface area is 218 Å². The van der Waals surface area contributed by atoms with Crippen LogP contribution in [0.4, 0.5) is 5.69 Å². The third-order valence-electron chi connectivity index (χ3n) is 6.92. The molecule has 1 aliphatic rings. The number of nitrogens with zero attached hydrogens (tertiary/aromatic N) is 3. The molecular formula is C30H32N4OS. The molecule has 4 aromatic rings. The van der Waals surface area contributed by atoms with Crippen molar-refractivity contribution in [1.82, 2.24) is 14.9 Å². The second-order valence-corrected chi connectivity index (χ2v) is 9.49. The number of rotatable bonds is 7. The highest BCUT2D eigenvalue weighted by Crippen LogP contribution is 2.44. The summed E-state index contributed by atoms with van der Waals surface area (Å²) >= 11 is 5.91. The first-order valence-corrected chi connectivity index (χ1v) is 12.9. The number of anilines is 1. The Hall–Kier alpha value is -3.64. The Morgan fingerprint density at radius 1 is 0.944 bits per heavy atom. The zero-order chi connectivity index (χ0) is 25.2. The lowest BCUT2D eigenvalue weighted by atomic mass is 9.96. The molecule has 3 heterocycles. The van der Waals surface area contributed by atoms with Crippen LogP contribution in [0.25, 0.3) is 5.69 Å². The molecule has 36 heavy (non-hydrogen) atoms. The summed E-state index contributed by atoms with van der Waals surface area (Å²) in [5, 5.41) is 4.26. The van der Waals surface area contributed by atoms with Crippen molar-refractivity contribution < 1.29 is 4.74 Å². The number of nitrogens with one attached hydrogen (secondary N) is 1. The van der Waals surface area contributed by atoms with Crippen LogP contribution in [-0.2, 0) is 6.42 Å². The Balaban J connectivity index is 1.62. The molecule has 0 unspecified atom stereocenters. The number of hydrogen-bond acceptors (Lipinski definition) is 3. The lowest BCUT2D eigenvalue weighted by molar-refractivity contribution is 0.340. The lowest BCUT2D eigenvalue weighted by Gasteiger charge is -2.28. The van der Waals surface area contributed by atoms with E-state index in [1.165, 1.54) is 28.2 Å². The monoisotopic (exact) mass is 496 g/mol. The molecule has 1 N–H and O–H groups in total. The van der Waals surface area contributed by atoms with Gasteiger partial charge >= 0.3 is 0 Å². The molecule has 2 aromatic heterocycles. The molecule has 1 aliphatic heterocycles. The van der Waals surface area contributed by atoms with E-state index in [1.54, 1.807) is 0 Å². The van der Waals surface area contributed by atoms with Crippen LogP contribution in [0.2, 0.25) is 0 Å². The first kappa shape index (κ1) is 24.1. The number of benzene rings is 2. The molecule has 0 bridgehead atoms. The maximum absolute atomic E-state index is 5.91. The van der Waals surface area contributed by atoms with Gasteiger partial charge in [0.05, 0.1) is 24.4 Å². The van der Waals surface area contributed by atoms with Crippen LogP contribution in [-0.4, -0.2) is 21.3 Å². The van der Waals surface area contributed by atoms with Crippen LogP contribution >= 0.6 is 12.2 Å². The molecular weight excluding hydrogens is 464 g/mol. The number of ether oxygens (including phenoxy) is 1. The highest BCUT2D eigenvalue weighted by molar-refractivity contribution is 7.80. The quantitative estimate of drug-likeness (QED) is 0.291. The van der Waals surface area contributed by atoms with Gasteiger partial charge in [0.15, 0.2) is 5.11 Å². The second-order valence-electron chi connectivity index (χ2n) is 9.11. The Morgan fingerprint density at radius 3 is 2.31 bits per heavy atom. The molecule has 2 atom stereocenters. The number of thiocarbonyl (C=S) groups is 1. The van der Waals surface area contributed by atoms with Gasteiger partial charge in [0.25, 0.3) is 0 Å². The van der Waals surface area contributed by atoms with E-state index in [1.807, 2.05) is 37.4 Å². The number of aromatic nitrogens is 2. The standard InChI is InChI=1S/C30H32N4OS/c1-5-22-10-12-23(13-11-22)33-20(3)19-26(21(33)4)29-28(27-9-7-8-18-31-27)32-30(36)34(29)24-14-16-25(17-15-24)35-6-2/h7-19,28-29H,5-6H2,1-4H3,(H,32,36)/t28-,29-/m1/s1. The minimum Gasteiger partial charge on any atom is -0.494 e. The summed E-state index contributed by atoms with van der Waals surface area (Å²) < 4.78 is 8.01. The molecule has 2 aromatic carbocycles. The fourth-order valence-electron chi connectivity index (χ4n) is 5.18. The van der Waals surface area contributed by atoms with Crippen molar-refractivity contribution in [3.63, 3.8) is 0 Å². The predicted octanol–water partition coefficient (Wildman–Crippen LogP) is 6.63. The largest absolute Gasteiger partial charge is 0.494 e. The third-order valence-corrected chi connectivity index (χ3v) is 7.23. The predicted molar refractivity (Wildman–Crippen MR) is 150 cm³/mol. The molecule has 0 aliphatic carbocycles. The van der Waals surface area contributed by atoms with Gasteiger partial charge in [0.1, 0.15) is 5.75 Å². The van der Waals surface area contributed by atoms with Gasteiger partial charge < -0.3 is 19.5 Å².